The lowest BCUT2D eigenvalue weighted by molar-refractivity contribution is 0.403. The van der Waals surface area contributed by atoms with Crippen molar-refractivity contribution in [3.63, 3.8) is 0 Å². The zero-order valence-electron chi connectivity index (χ0n) is 10.4. The van der Waals surface area contributed by atoms with Crippen molar-refractivity contribution in [2.75, 3.05) is 13.6 Å². The molecular formula is C11H19N3O2S. The Morgan fingerprint density at radius 1 is 1.47 bits per heavy atom. The molecule has 0 unspecified atom stereocenters. The molecule has 6 heteroatoms. The molecule has 1 N–H and O–H groups in total. The average molecular weight is 257 g/mol. The summed E-state index contributed by atoms with van der Waals surface area (Å²) in [5.74, 6) is 0. The van der Waals surface area contributed by atoms with Gasteiger partial charge in [-0.15, -0.1) is 0 Å². The maximum absolute atomic E-state index is 11.8. The molecule has 0 radical (unpaired) electrons. The second-order valence-electron chi connectivity index (χ2n) is 4.12. The van der Waals surface area contributed by atoms with Crippen molar-refractivity contribution in [1.82, 2.24) is 14.0 Å². The molecule has 96 valence electrons. The Labute approximate surface area is 103 Å². The van der Waals surface area contributed by atoms with Gasteiger partial charge in [-0.25, -0.2) is 4.72 Å². The van der Waals surface area contributed by atoms with E-state index in [2.05, 4.69) is 9.71 Å². The molecule has 0 saturated heterocycles. The van der Waals surface area contributed by atoms with Gasteiger partial charge >= 0.3 is 0 Å². The fourth-order valence-corrected chi connectivity index (χ4v) is 2.37. The maximum Gasteiger partial charge on any atom is 0.279 e. The largest absolute Gasteiger partial charge is 0.279 e. The van der Waals surface area contributed by atoms with Crippen molar-refractivity contribution >= 4 is 10.2 Å². The molecule has 0 atom stereocenters. The molecule has 5 nitrogen and oxygen atoms in total. The summed E-state index contributed by atoms with van der Waals surface area (Å²) >= 11 is 0. The summed E-state index contributed by atoms with van der Waals surface area (Å²) in [5.41, 5.74) is 1.02. The molecule has 1 aromatic heterocycles. The molecule has 0 aliphatic rings. The lowest BCUT2D eigenvalue weighted by Gasteiger charge is -2.21. The lowest BCUT2D eigenvalue weighted by atomic mass is 10.2. The highest BCUT2D eigenvalue weighted by molar-refractivity contribution is 7.87. The average Bonchev–Trinajstić information content (AvgIpc) is 2.29. The highest BCUT2D eigenvalue weighted by atomic mass is 32.2. The first-order chi connectivity index (χ1) is 7.93. The van der Waals surface area contributed by atoms with E-state index in [0.717, 1.165) is 5.56 Å². The molecule has 1 heterocycles. The molecular weight excluding hydrogens is 238 g/mol. The lowest BCUT2D eigenvalue weighted by Crippen LogP contribution is -2.42. The van der Waals surface area contributed by atoms with Crippen LogP contribution in [0.15, 0.2) is 24.5 Å². The van der Waals surface area contributed by atoms with Crippen LogP contribution in [-0.2, 0) is 16.6 Å². The van der Waals surface area contributed by atoms with Crippen molar-refractivity contribution in [3.8, 4) is 0 Å². The predicted molar refractivity (Wildman–Crippen MR) is 67.8 cm³/mol. The Bertz CT molecular complexity index is 431. The van der Waals surface area contributed by atoms with Crippen LogP contribution < -0.4 is 4.72 Å². The third-order valence-corrected chi connectivity index (χ3v) is 4.28. The van der Waals surface area contributed by atoms with Gasteiger partial charge in [0.1, 0.15) is 0 Å². The highest BCUT2D eigenvalue weighted by Crippen LogP contribution is 2.01. The number of rotatable bonds is 6. The molecule has 0 bridgehead atoms. The summed E-state index contributed by atoms with van der Waals surface area (Å²) in [7, 11) is -1.80. The molecule has 0 aliphatic heterocycles. The number of hydrogen-bond donors (Lipinski definition) is 1. The summed E-state index contributed by atoms with van der Waals surface area (Å²) in [6.45, 7) is 4.05. The SMILES string of the molecule is CC(C)N(C)S(=O)(=O)NCCc1cccnc1. The molecule has 0 amide bonds. The second-order valence-corrected chi connectivity index (χ2v) is 5.94. The Kier molecular flexibility index (Phi) is 5.04. The third kappa shape index (κ3) is 4.41. The fraction of sp³-hybridized carbons (Fsp3) is 0.545. The van der Waals surface area contributed by atoms with E-state index in [1.807, 2.05) is 26.0 Å². The van der Waals surface area contributed by atoms with Crippen molar-refractivity contribution < 1.29 is 8.42 Å². The van der Waals surface area contributed by atoms with E-state index < -0.39 is 10.2 Å². The monoisotopic (exact) mass is 257 g/mol. The van der Waals surface area contributed by atoms with Crippen LogP contribution in [0.5, 0.6) is 0 Å². The number of hydrogen-bond acceptors (Lipinski definition) is 3. The summed E-state index contributed by atoms with van der Waals surface area (Å²) in [6, 6.07) is 3.71. The van der Waals surface area contributed by atoms with Crippen molar-refractivity contribution in [3.05, 3.63) is 30.1 Å². The van der Waals surface area contributed by atoms with Crippen LogP contribution in [0.25, 0.3) is 0 Å². The smallest absolute Gasteiger partial charge is 0.264 e. The van der Waals surface area contributed by atoms with Crippen LogP contribution in [0, 0.1) is 0 Å². The number of aromatic nitrogens is 1. The minimum atomic E-state index is -3.37. The number of nitrogens with zero attached hydrogens (tertiary/aromatic N) is 2. The van der Waals surface area contributed by atoms with Gasteiger partial charge in [-0.2, -0.15) is 12.7 Å². The van der Waals surface area contributed by atoms with Crippen molar-refractivity contribution in [2.24, 2.45) is 0 Å². The minimum absolute atomic E-state index is 0.0501. The fourth-order valence-electron chi connectivity index (χ4n) is 1.25. The van der Waals surface area contributed by atoms with E-state index in [0.29, 0.717) is 13.0 Å². The van der Waals surface area contributed by atoms with Crippen LogP contribution in [-0.4, -0.2) is 37.3 Å². The molecule has 1 rings (SSSR count). The Morgan fingerprint density at radius 2 is 2.18 bits per heavy atom. The van der Waals surface area contributed by atoms with Gasteiger partial charge in [0, 0.05) is 32.0 Å². The van der Waals surface area contributed by atoms with E-state index in [4.69, 9.17) is 0 Å². The molecule has 1 aromatic rings. The van der Waals surface area contributed by atoms with E-state index in [-0.39, 0.29) is 6.04 Å². The zero-order valence-corrected chi connectivity index (χ0v) is 11.2. The second kappa shape index (κ2) is 6.09. The van der Waals surface area contributed by atoms with Crippen LogP contribution in [0.1, 0.15) is 19.4 Å². The quantitative estimate of drug-likeness (QED) is 0.820. The Morgan fingerprint density at radius 3 is 2.71 bits per heavy atom. The molecule has 0 spiro atoms. The van der Waals surface area contributed by atoms with Crippen molar-refractivity contribution in [2.45, 2.75) is 26.3 Å². The third-order valence-electron chi connectivity index (χ3n) is 2.53. The zero-order chi connectivity index (χ0) is 12.9. The van der Waals surface area contributed by atoms with E-state index in [1.165, 1.54) is 4.31 Å². The first kappa shape index (κ1) is 14.1. The van der Waals surface area contributed by atoms with Gasteiger partial charge in [-0.3, -0.25) is 4.98 Å². The molecule has 0 aliphatic carbocycles. The van der Waals surface area contributed by atoms with Gasteiger partial charge in [0.15, 0.2) is 0 Å². The Balaban J connectivity index is 2.46. The summed E-state index contributed by atoms with van der Waals surface area (Å²) in [5, 5.41) is 0. The van der Waals surface area contributed by atoms with Crippen LogP contribution in [0.2, 0.25) is 0 Å². The molecule has 17 heavy (non-hydrogen) atoms. The van der Waals surface area contributed by atoms with Crippen LogP contribution >= 0.6 is 0 Å². The number of pyridine rings is 1. The van der Waals surface area contributed by atoms with E-state index >= 15 is 0 Å². The summed E-state index contributed by atoms with van der Waals surface area (Å²) in [6.07, 6.45) is 4.07. The van der Waals surface area contributed by atoms with Gasteiger partial charge in [-0.1, -0.05) is 6.07 Å². The summed E-state index contributed by atoms with van der Waals surface area (Å²) in [4.78, 5) is 3.98. The molecule has 0 aromatic carbocycles. The predicted octanol–water partition coefficient (Wildman–Crippen LogP) is 0.799. The topological polar surface area (TPSA) is 62.3 Å². The Hall–Kier alpha value is -0.980. The molecule has 0 fully saturated rings. The van der Waals surface area contributed by atoms with Gasteiger partial charge in [-0.05, 0) is 31.9 Å². The first-order valence-corrected chi connectivity index (χ1v) is 6.99. The standard InChI is InChI=1S/C11H19N3O2S/c1-10(2)14(3)17(15,16)13-8-6-11-5-4-7-12-9-11/h4-5,7,9-10,13H,6,8H2,1-3H3. The number of nitrogens with one attached hydrogen (secondary N) is 1. The summed E-state index contributed by atoms with van der Waals surface area (Å²) < 4.78 is 27.4. The highest BCUT2D eigenvalue weighted by Gasteiger charge is 2.19. The van der Waals surface area contributed by atoms with Gasteiger partial charge in [0.25, 0.3) is 10.2 Å². The maximum atomic E-state index is 11.8. The normalized spacial score (nSPS) is 12.3. The molecule has 0 saturated carbocycles. The van der Waals surface area contributed by atoms with E-state index in [9.17, 15) is 8.42 Å². The van der Waals surface area contributed by atoms with Crippen molar-refractivity contribution in [1.29, 1.82) is 0 Å². The van der Waals surface area contributed by atoms with Gasteiger partial charge < -0.3 is 0 Å². The minimum Gasteiger partial charge on any atom is -0.264 e. The van der Waals surface area contributed by atoms with Gasteiger partial charge in [0.05, 0.1) is 0 Å². The van der Waals surface area contributed by atoms with E-state index in [1.54, 1.807) is 19.4 Å². The van der Waals surface area contributed by atoms with Crippen LogP contribution in [0.4, 0.5) is 0 Å². The first-order valence-electron chi connectivity index (χ1n) is 5.55. The van der Waals surface area contributed by atoms with Crippen LogP contribution in [0.3, 0.4) is 0 Å². The van der Waals surface area contributed by atoms with Gasteiger partial charge in [0.2, 0.25) is 0 Å².